The highest BCUT2D eigenvalue weighted by Crippen LogP contribution is 2.40. The number of hydrogen-bond donors (Lipinski definition) is 3. The maximum absolute atomic E-state index is 12.7. The molecule has 5 aromatic rings. The number of aromatic amines is 1. The minimum atomic E-state index is -0.189. The molecule has 10 heteroatoms. The Kier molecular flexibility index (Phi) is 4.84. The topological polar surface area (TPSA) is 130 Å². The van der Waals surface area contributed by atoms with E-state index in [1.54, 1.807) is 23.1 Å². The number of H-pyrrole nitrogens is 1. The van der Waals surface area contributed by atoms with Crippen LogP contribution < -0.4 is 10.6 Å². The fraction of sp³-hybridized carbons (Fsp3) is 0.120. The van der Waals surface area contributed by atoms with E-state index in [1.165, 1.54) is 6.33 Å². The van der Waals surface area contributed by atoms with E-state index >= 15 is 0 Å². The van der Waals surface area contributed by atoms with E-state index in [2.05, 4.69) is 30.6 Å². The first-order chi connectivity index (χ1) is 17.1. The molecular weight excluding hydrogens is 444 g/mol. The van der Waals surface area contributed by atoms with Crippen LogP contribution in [0.15, 0.2) is 67.3 Å². The number of nitrogens with one attached hydrogen (secondary N) is 3. The number of anilines is 2. The molecule has 0 saturated carbocycles. The summed E-state index contributed by atoms with van der Waals surface area (Å²) in [5.74, 6) is 0.617. The molecule has 0 aliphatic carbocycles. The van der Waals surface area contributed by atoms with Crippen LogP contribution in [0.5, 0.6) is 0 Å². The maximum Gasteiger partial charge on any atom is 0.255 e. The van der Waals surface area contributed by atoms with E-state index in [-0.39, 0.29) is 17.7 Å². The number of amides is 2. The third-order valence-electron chi connectivity index (χ3n) is 6.11. The average molecular weight is 464 g/mol. The van der Waals surface area contributed by atoms with Crippen LogP contribution in [0.1, 0.15) is 39.5 Å². The number of benzene rings is 2. The number of aromatic nitrogens is 6. The summed E-state index contributed by atoms with van der Waals surface area (Å²) < 4.78 is 1.63. The molecule has 0 spiro atoms. The van der Waals surface area contributed by atoms with Crippen LogP contribution >= 0.6 is 0 Å². The van der Waals surface area contributed by atoms with Crippen LogP contribution in [0.2, 0.25) is 0 Å². The van der Waals surface area contributed by atoms with E-state index < -0.39 is 0 Å². The van der Waals surface area contributed by atoms with Gasteiger partial charge in [-0.2, -0.15) is 9.78 Å². The molecule has 6 rings (SSSR count). The van der Waals surface area contributed by atoms with E-state index in [0.717, 1.165) is 16.8 Å². The lowest BCUT2D eigenvalue weighted by atomic mass is 9.86. The Morgan fingerprint density at radius 3 is 2.66 bits per heavy atom. The smallest absolute Gasteiger partial charge is 0.255 e. The van der Waals surface area contributed by atoms with Crippen LogP contribution in [0.3, 0.4) is 0 Å². The summed E-state index contributed by atoms with van der Waals surface area (Å²) in [7, 11) is 0. The number of fused-ring (bicyclic) bond motifs is 2. The molecule has 0 bridgehead atoms. The molecule has 1 aliphatic heterocycles. The fourth-order valence-corrected chi connectivity index (χ4v) is 4.49. The lowest BCUT2D eigenvalue weighted by Gasteiger charge is -2.24. The first-order valence-electron chi connectivity index (χ1n) is 11.1. The van der Waals surface area contributed by atoms with Gasteiger partial charge >= 0.3 is 0 Å². The number of hydrogen-bond acceptors (Lipinski definition) is 6. The molecule has 35 heavy (non-hydrogen) atoms. The summed E-state index contributed by atoms with van der Waals surface area (Å²) in [4.78, 5) is 41.0. The zero-order valence-electron chi connectivity index (χ0n) is 18.7. The van der Waals surface area contributed by atoms with Gasteiger partial charge in [-0.05, 0) is 36.8 Å². The molecule has 2 aromatic carbocycles. The fourth-order valence-electron chi connectivity index (χ4n) is 4.49. The van der Waals surface area contributed by atoms with Crippen molar-refractivity contribution >= 4 is 34.5 Å². The summed E-state index contributed by atoms with van der Waals surface area (Å²) >= 11 is 0. The number of nitrogens with zero attached hydrogens (tertiary/aromatic N) is 5. The van der Waals surface area contributed by atoms with Crippen molar-refractivity contribution in [2.24, 2.45) is 0 Å². The van der Waals surface area contributed by atoms with Gasteiger partial charge < -0.3 is 15.6 Å². The predicted molar refractivity (Wildman–Crippen MR) is 129 cm³/mol. The van der Waals surface area contributed by atoms with Crippen LogP contribution in [-0.2, 0) is 4.79 Å². The normalized spacial score (nSPS) is 15.0. The van der Waals surface area contributed by atoms with Crippen molar-refractivity contribution in [1.82, 2.24) is 29.7 Å². The van der Waals surface area contributed by atoms with Gasteiger partial charge in [0.15, 0.2) is 11.5 Å². The van der Waals surface area contributed by atoms with Gasteiger partial charge in [0, 0.05) is 29.2 Å². The van der Waals surface area contributed by atoms with Crippen LogP contribution in [0, 0.1) is 6.92 Å². The standard InChI is InChI=1S/C25H20N8O2/c1-14-20-18(15-7-9-17(10-8-15)30-25(35)16-5-3-2-4-6-16)11-19(34)31-23(20)33(32-14)24-21-22(27-12-26-21)28-13-29-24/h2-10,12-13,18H,11H2,1H3,(H,30,35)(H,31,34)(H,26,27,28,29)/t18-/m1/s1. The monoisotopic (exact) mass is 464 g/mol. The molecule has 3 N–H and O–H groups in total. The highest BCUT2D eigenvalue weighted by Gasteiger charge is 2.33. The third kappa shape index (κ3) is 3.61. The summed E-state index contributed by atoms with van der Waals surface area (Å²) in [6.07, 6.45) is 3.26. The van der Waals surface area contributed by atoms with Gasteiger partial charge in [0.1, 0.15) is 17.7 Å². The van der Waals surface area contributed by atoms with Crippen molar-refractivity contribution in [2.75, 3.05) is 10.6 Å². The Bertz CT molecular complexity index is 1570. The van der Waals surface area contributed by atoms with E-state index in [1.807, 2.05) is 49.4 Å². The number of rotatable bonds is 4. The Morgan fingerprint density at radius 1 is 1.06 bits per heavy atom. The number of carbonyl (C=O) groups is 2. The Balaban J connectivity index is 1.34. The molecule has 172 valence electrons. The second-order valence-electron chi connectivity index (χ2n) is 8.30. The van der Waals surface area contributed by atoms with E-state index in [4.69, 9.17) is 5.10 Å². The van der Waals surface area contributed by atoms with Gasteiger partial charge in [-0.15, -0.1) is 0 Å². The van der Waals surface area contributed by atoms with Crippen LogP contribution in [0.25, 0.3) is 17.0 Å². The van der Waals surface area contributed by atoms with Crippen molar-refractivity contribution in [2.45, 2.75) is 19.3 Å². The summed E-state index contributed by atoms with van der Waals surface area (Å²) in [5.41, 5.74) is 5.09. The molecular formula is C25H20N8O2. The zero-order valence-corrected chi connectivity index (χ0v) is 18.7. The molecule has 4 heterocycles. The molecule has 0 unspecified atom stereocenters. The quantitative estimate of drug-likeness (QED) is 0.373. The first-order valence-corrected chi connectivity index (χ1v) is 11.1. The second-order valence-corrected chi connectivity index (χ2v) is 8.30. The van der Waals surface area contributed by atoms with E-state index in [0.29, 0.717) is 40.5 Å². The first kappa shape index (κ1) is 20.7. The van der Waals surface area contributed by atoms with Crippen molar-refractivity contribution in [3.63, 3.8) is 0 Å². The van der Waals surface area contributed by atoms with Gasteiger partial charge in [0.05, 0.1) is 12.0 Å². The Hall–Kier alpha value is -4.86. The molecule has 2 amide bonds. The minimum absolute atomic E-state index is 0.111. The summed E-state index contributed by atoms with van der Waals surface area (Å²) in [6.45, 7) is 1.92. The third-order valence-corrected chi connectivity index (χ3v) is 6.11. The van der Waals surface area contributed by atoms with Crippen molar-refractivity contribution in [1.29, 1.82) is 0 Å². The van der Waals surface area contributed by atoms with Crippen LogP contribution in [0.4, 0.5) is 11.5 Å². The van der Waals surface area contributed by atoms with Gasteiger partial charge in [-0.3, -0.25) is 9.59 Å². The minimum Gasteiger partial charge on any atom is -0.340 e. The zero-order chi connectivity index (χ0) is 23.9. The Morgan fingerprint density at radius 2 is 1.86 bits per heavy atom. The largest absolute Gasteiger partial charge is 0.340 e. The number of imidazole rings is 1. The molecule has 0 saturated heterocycles. The molecule has 3 aromatic heterocycles. The Labute approximate surface area is 199 Å². The lowest BCUT2D eigenvalue weighted by molar-refractivity contribution is -0.116. The maximum atomic E-state index is 12.7. The van der Waals surface area contributed by atoms with E-state index in [9.17, 15) is 9.59 Å². The molecule has 0 fully saturated rings. The van der Waals surface area contributed by atoms with Crippen LogP contribution in [-0.4, -0.2) is 41.5 Å². The summed E-state index contributed by atoms with van der Waals surface area (Å²) in [5, 5.41) is 10.6. The molecule has 1 aliphatic rings. The lowest BCUT2D eigenvalue weighted by Crippen LogP contribution is -2.25. The van der Waals surface area contributed by atoms with Crippen molar-refractivity contribution in [3.8, 4) is 5.82 Å². The van der Waals surface area contributed by atoms with Gasteiger partial charge in [-0.1, -0.05) is 30.3 Å². The second kappa shape index (κ2) is 8.17. The predicted octanol–water partition coefficient (Wildman–Crippen LogP) is 3.57. The van der Waals surface area contributed by atoms with Gasteiger partial charge in [0.2, 0.25) is 5.91 Å². The van der Waals surface area contributed by atoms with Gasteiger partial charge in [0.25, 0.3) is 5.91 Å². The van der Waals surface area contributed by atoms with Crippen molar-refractivity contribution in [3.05, 3.63) is 89.6 Å². The van der Waals surface area contributed by atoms with Gasteiger partial charge in [-0.25, -0.2) is 15.0 Å². The molecule has 1 atom stereocenters. The molecule has 10 nitrogen and oxygen atoms in total. The molecule has 0 radical (unpaired) electrons. The SMILES string of the molecule is Cc1nn(-c2ncnc3nc[nH]c23)c2c1[C@@H](c1ccc(NC(=O)c3ccccc3)cc1)CC(=O)N2. The summed E-state index contributed by atoms with van der Waals surface area (Å²) in [6, 6.07) is 16.6. The highest BCUT2D eigenvalue weighted by molar-refractivity contribution is 6.04. The number of carbonyl (C=O) groups excluding carboxylic acids is 2. The average Bonchev–Trinajstić information content (AvgIpc) is 3.49. The highest BCUT2D eigenvalue weighted by atomic mass is 16.2. The number of aryl methyl sites for hydroxylation is 1. The van der Waals surface area contributed by atoms with Crippen molar-refractivity contribution < 1.29 is 9.59 Å².